The van der Waals surface area contributed by atoms with Crippen molar-refractivity contribution in [3.8, 4) is 5.75 Å². The van der Waals surface area contributed by atoms with Crippen LogP contribution in [0.1, 0.15) is 18.4 Å². The van der Waals surface area contributed by atoms with Crippen LogP contribution < -0.4 is 15.4 Å². The quantitative estimate of drug-likeness (QED) is 0.903. The summed E-state index contributed by atoms with van der Waals surface area (Å²) in [7, 11) is 1.64. The minimum Gasteiger partial charge on any atom is -0.495 e. The molecule has 0 saturated carbocycles. The third kappa shape index (κ3) is 3.10. The summed E-state index contributed by atoms with van der Waals surface area (Å²) < 4.78 is 5.42. The maximum Gasteiger partial charge on any atom is 0.244 e. The number of nitrogens with zero attached hydrogens (tertiary/aromatic N) is 1. The number of thioether (sulfide) groups is 1. The average Bonchev–Trinajstić information content (AvgIpc) is 2.50. The Balaban J connectivity index is 2.25. The van der Waals surface area contributed by atoms with Gasteiger partial charge in [0.05, 0.1) is 18.8 Å². The molecule has 1 aromatic carbocycles. The van der Waals surface area contributed by atoms with Crippen LogP contribution in [0.2, 0.25) is 0 Å². The summed E-state index contributed by atoms with van der Waals surface area (Å²) in [4.78, 5) is 14.4. The number of benzene rings is 1. The van der Waals surface area contributed by atoms with E-state index in [1.165, 1.54) is 5.56 Å². The number of fused-ring (bicyclic) bond motifs is 1. The number of rotatable bonds is 5. The topological polar surface area (TPSA) is 55.6 Å². The van der Waals surface area contributed by atoms with Crippen molar-refractivity contribution >= 4 is 23.4 Å². The first-order valence-electron chi connectivity index (χ1n) is 6.90. The second-order valence-corrected chi connectivity index (χ2v) is 5.93. The predicted molar refractivity (Wildman–Crippen MR) is 84.6 cm³/mol. The molecule has 0 saturated heterocycles. The first-order chi connectivity index (χ1) is 9.69. The number of anilines is 1. The summed E-state index contributed by atoms with van der Waals surface area (Å²) in [5.41, 5.74) is 8.11. The number of aryl methyl sites for hydroxylation is 1. The highest BCUT2D eigenvalue weighted by molar-refractivity contribution is 7.98. The minimum atomic E-state index is -0.432. The van der Waals surface area contributed by atoms with E-state index >= 15 is 0 Å². The first kappa shape index (κ1) is 15.2. The van der Waals surface area contributed by atoms with Gasteiger partial charge in [-0.25, -0.2) is 0 Å². The fraction of sp³-hybridized carbons (Fsp3) is 0.533. The molecule has 4 nitrogen and oxygen atoms in total. The van der Waals surface area contributed by atoms with E-state index in [1.807, 2.05) is 23.3 Å². The molecule has 1 aliphatic heterocycles. The van der Waals surface area contributed by atoms with Crippen LogP contribution in [0.15, 0.2) is 18.2 Å². The van der Waals surface area contributed by atoms with Crippen molar-refractivity contribution in [3.63, 3.8) is 0 Å². The number of hydrogen-bond donors (Lipinski definition) is 1. The number of hydrogen-bond acceptors (Lipinski definition) is 4. The molecular weight excluding hydrogens is 272 g/mol. The van der Waals surface area contributed by atoms with E-state index in [0.29, 0.717) is 6.42 Å². The molecule has 0 unspecified atom stereocenters. The Hall–Kier alpha value is -1.20. The lowest BCUT2D eigenvalue weighted by atomic mass is 10.00. The third-order valence-corrected chi connectivity index (χ3v) is 4.26. The average molecular weight is 294 g/mol. The van der Waals surface area contributed by atoms with Crippen molar-refractivity contribution in [2.75, 3.05) is 30.6 Å². The lowest BCUT2D eigenvalue weighted by Gasteiger charge is -2.32. The van der Waals surface area contributed by atoms with Crippen molar-refractivity contribution in [2.24, 2.45) is 5.73 Å². The van der Waals surface area contributed by atoms with Gasteiger partial charge < -0.3 is 15.4 Å². The van der Waals surface area contributed by atoms with Gasteiger partial charge in [-0.15, -0.1) is 0 Å². The minimum absolute atomic E-state index is 0.00417. The normalized spacial score (nSPS) is 15.7. The van der Waals surface area contributed by atoms with Crippen LogP contribution in [-0.2, 0) is 11.2 Å². The molecule has 0 aliphatic carbocycles. The molecule has 1 aliphatic rings. The van der Waals surface area contributed by atoms with Gasteiger partial charge in [0.15, 0.2) is 0 Å². The first-order valence-corrected chi connectivity index (χ1v) is 8.30. The lowest BCUT2D eigenvalue weighted by Crippen LogP contribution is -2.46. The van der Waals surface area contributed by atoms with Gasteiger partial charge in [0, 0.05) is 6.54 Å². The van der Waals surface area contributed by atoms with Gasteiger partial charge in [-0.3, -0.25) is 4.79 Å². The van der Waals surface area contributed by atoms with Crippen molar-refractivity contribution in [1.82, 2.24) is 0 Å². The van der Waals surface area contributed by atoms with Crippen molar-refractivity contribution < 1.29 is 9.53 Å². The van der Waals surface area contributed by atoms with Crippen LogP contribution in [-0.4, -0.2) is 37.6 Å². The zero-order valence-electron chi connectivity index (χ0n) is 12.1. The second kappa shape index (κ2) is 6.99. The van der Waals surface area contributed by atoms with Crippen molar-refractivity contribution in [2.45, 2.75) is 25.3 Å². The number of methoxy groups -OCH3 is 1. The molecule has 20 heavy (non-hydrogen) atoms. The van der Waals surface area contributed by atoms with Gasteiger partial charge in [-0.05, 0) is 42.9 Å². The van der Waals surface area contributed by atoms with E-state index in [1.54, 1.807) is 18.9 Å². The summed E-state index contributed by atoms with van der Waals surface area (Å²) in [5, 5.41) is 0. The number of para-hydroxylation sites is 1. The lowest BCUT2D eigenvalue weighted by molar-refractivity contribution is -0.120. The SMILES string of the molecule is COc1cccc2c1N(C(=O)[C@@H](N)CCSC)CCC2. The Morgan fingerprint density at radius 2 is 2.35 bits per heavy atom. The number of ether oxygens (including phenoxy) is 1. The highest BCUT2D eigenvalue weighted by atomic mass is 32.2. The molecular formula is C15H22N2O2S. The maximum atomic E-state index is 12.6. The summed E-state index contributed by atoms with van der Waals surface area (Å²) >= 11 is 1.71. The Bertz CT molecular complexity index is 465. The molecule has 1 amide bonds. The molecule has 5 heteroatoms. The van der Waals surface area contributed by atoms with Gasteiger partial charge in [0.1, 0.15) is 5.75 Å². The second-order valence-electron chi connectivity index (χ2n) is 4.95. The molecule has 0 spiro atoms. The highest BCUT2D eigenvalue weighted by Crippen LogP contribution is 2.36. The zero-order valence-corrected chi connectivity index (χ0v) is 12.9. The predicted octanol–water partition coefficient (Wildman–Crippen LogP) is 2.05. The molecule has 0 radical (unpaired) electrons. The van der Waals surface area contributed by atoms with Crippen molar-refractivity contribution in [3.05, 3.63) is 23.8 Å². The van der Waals surface area contributed by atoms with E-state index in [0.717, 1.165) is 36.6 Å². The van der Waals surface area contributed by atoms with Gasteiger partial charge in [-0.1, -0.05) is 12.1 Å². The highest BCUT2D eigenvalue weighted by Gasteiger charge is 2.28. The molecule has 2 rings (SSSR count). The van der Waals surface area contributed by atoms with Crippen LogP contribution in [0.3, 0.4) is 0 Å². The number of nitrogens with two attached hydrogens (primary N) is 1. The Kier molecular flexibility index (Phi) is 5.31. The molecule has 110 valence electrons. The molecule has 1 aromatic rings. The van der Waals surface area contributed by atoms with Crippen LogP contribution in [0, 0.1) is 0 Å². The number of carbonyl (C=O) groups is 1. The summed E-state index contributed by atoms with van der Waals surface area (Å²) in [5.74, 6) is 1.66. The molecule has 2 N–H and O–H groups in total. The van der Waals surface area contributed by atoms with E-state index in [-0.39, 0.29) is 5.91 Å². The number of amides is 1. The molecule has 1 atom stereocenters. The van der Waals surface area contributed by atoms with E-state index in [9.17, 15) is 4.79 Å². The smallest absolute Gasteiger partial charge is 0.244 e. The molecule has 0 aromatic heterocycles. The summed E-state index contributed by atoms with van der Waals surface area (Å²) in [6.45, 7) is 0.721. The molecule has 1 heterocycles. The van der Waals surface area contributed by atoms with Gasteiger partial charge in [0.2, 0.25) is 5.91 Å². The monoisotopic (exact) mass is 294 g/mol. The van der Waals surface area contributed by atoms with Gasteiger partial charge in [0.25, 0.3) is 0 Å². The number of carbonyl (C=O) groups excluding carboxylic acids is 1. The van der Waals surface area contributed by atoms with Crippen LogP contribution in [0.5, 0.6) is 5.75 Å². The Labute approximate surface area is 124 Å². The van der Waals surface area contributed by atoms with Crippen LogP contribution in [0.25, 0.3) is 0 Å². The molecule has 0 bridgehead atoms. The van der Waals surface area contributed by atoms with Gasteiger partial charge in [-0.2, -0.15) is 11.8 Å². The fourth-order valence-corrected chi connectivity index (χ4v) is 3.06. The molecule has 0 fully saturated rings. The summed E-state index contributed by atoms with van der Waals surface area (Å²) in [6.07, 6.45) is 4.69. The third-order valence-electron chi connectivity index (χ3n) is 3.62. The Morgan fingerprint density at radius 1 is 1.55 bits per heavy atom. The zero-order chi connectivity index (χ0) is 14.5. The largest absolute Gasteiger partial charge is 0.495 e. The fourth-order valence-electron chi connectivity index (χ4n) is 2.57. The van der Waals surface area contributed by atoms with Gasteiger partial charge >= 0.3 is 0 Å². The Morgan fingerprint density at radius 3 is 3.05 bits per heavy atom. The van der Waals surface area contributed by atoms with E-state index in [4.69, 9.17) is 10.5 Å². The van der Waals surface area contributed by atoms with Crippen LogP contribution in [0.4, 0.5) is 5.69 Å². The van der Waals surface area contributed by atoms with Crippen LogP contribution >= 0.6 is 11.8 Å². The van der Waals surface area contributed by atoms with E-state index < -0.39 is 6.04 Å². The van der Waals surface area contributed by atoms with Crippen molar-refractivity contribution in [1.29, 1.82) is 0 Å². The summed E-state index contributed by atoms with van der Waals surface area (Å²) in [6, 6.07) is 5.50. The van der Waals surface area contributed by atoms with E-state index in [2.05, 4.69) is 6.07 Å². The maximum absolute atomic E-state index is 12.6. The standard InChI is InChI=1S/C15H22N2O2S/c1-19-13-7-3-5-11-6-4-9-17(14(11)13)15(18)12(16)8-10-20-2/h3,5,7,12H,4,6,8-10,16H2,1-2H3/t12-/m0/s1.